The van der Waals surface area contributed by atoms with E-state index in [-0.39, 0.29) is 28.3 Å². The summed E-state index contributed by atoms with van der Waals surface area (Å²) in [6, 6.07) is 31.0. The Bertz CT molecular complexity index is 1670. The molecule has 2 fully saturated rings. The predicted molar refractivity (Wildman–Crippen MR) is 195 cm³/mol. The van der Waals surface area contributed by atoms with E-state index in [0.29, 0.717) is 19.8 Å². The molecule has 2 unspecified atom stereocenters. The van der Waals surface area contributed by atoms with Gasteiger partial charge >= 0.3 is 0 Å². The summed E-state index contributed by atoms with van der Waals surface area (Å²) in [6.45, 7) is 5.01. The number of thioether (sulfide) groups is 2. The Morgan fingerprint density at radius 2 is 1.15 bits per heavy atom. The van der Waals surface area contributed by atoms with E-state index in [1.807, 2.05) is 24.3 Å². The van der Waals surface area contributed by atoms with Crippen LogP contribution in [0.4, 0.5) is 0 Å². The summed E-state index contributed by atoms with van der Waals surface area (Å²) in [5.41, 5.74) is 4.04. The molecule has 0 N–H and O–H groups in total. The fourth-order valence-corrected chi connectivity index (χ4v) is 8.67. The Labute approximate surface area is 293 Å². The normalized spacial score (nSPS) is 20.1. The maximum Gasteiger partial charge on any atom is 0.206 e. The third-order valence-corrected chi connectivity index (χ3v) is 12.4. The topological polar surface area (TPSA) is 71.1 Å². The third kappa shape index (κ3) is 9.75. The van der Waals surface area contributed by atoms with Crippen LogP contribution >= 0.6 is 23.5 Å². The van der Waals surface area contributed by atoms with Gasteiger partial charge < -0.3 is 18.9 Å². The Balaban J connectivity index is 0.981. The Morgan fingerprint density at radius 3 is 1.62 bits per heavy atom. The van der Waals surface area contributed by atoms with Crippen LogP contribution in [0.5, 0.6) is 0 Å². The van der Waals surface area contributed by atoms with Crippen molar-refractivity contribution in [3.8, 4) is 22.3 Å². The lowest BCUT2D eigenvalue weighted by molar-refractivity contribution is -0.185. The van der Waals surface area contributed by atoms with Gasteiger partial charge in [-0.3, -0.25) is 0 Å². The maximum absolute atomic E-state index is 13.4. The lowest BCUT2D eigenvalue weighted by Crippen LogP contribution is -2.28. The maximum atomic E-state index is 13.4. The van der Waals surface area contributed by atoms with Crippen molar-refractivity contribution >= 4 is 33.4 Å². The number of benzene rings is 4. The van der Waals surface area contributed by atoms with Crippen molar-refractivity contribution in [2.45, 2.75) is 77.1 Å². The average Bonchev–Trinajstić information content (AvgIpc) is 3.13. The minimum atomic E-state index is -3.64. The highest BCUT2D eigenvalue weighted by Gasteiger charge is 2.20. The van der Waals surface area contributed by atoms with Crippen molar-refractivity contribution in [1.29, 1.82) is 0 Å². The van der Waals surface area contributed by atoms with E-state index in [0.717, 1.165) is 72.5 Å². The van der Waals surface area contributed by atoms with Gasteiger partial charge in [-0.05, 0) is 110 Å². The second-order valence-electron chi connectivity index (χ2n) is 12.2. The minimum absolute atomic E-state index is 0.0748. The molecule has 254 valence electrons. The van der Waals surface area contributed by atoms with Gasteiger partial charge in [-0.2, -0.15) is 0 Å². The van der Waals surface area contributed by atoms with Gasteiger partial charge in [-0.1, -0.05) is 48.5 Å². The van der Waals surface area contributed by atoms with Crippen molar-refractivity contribution in [1.82, 2.24) is 0 Å². The van der Waals surface area contributed by atoms with Gasteiger partial charge in [-0.25, -0.2) is 8.42 Å². The summed E-state index contributed by atoms with van der Waals surface area (Å²) in [7, 11) is -3.64. The summed E-state index contributed by atoms with van der Waals surface area (Å²) in [5.74, 6) is 1.75. The first-order valence-electron chi connectivity index (χ1n) is 16.8. The highest BCUT2D eigenvalue weighted by atomic mass is 32.2. The molecule has 0 amide bonds. The Kier molecular flexibility index (Phi) is 12.7. The third-order valence-electron chi connectivity index (χ3n) is 8.62. The second kappa shape index (κ2) is 17.3. The van der Waals surface area contributed by atoms with E-state index in [1.165, 1.54) is 9.79 Å². The SMILES string of the molecule is C[C@@H]1CCCC(OCCSc2ccc(-c3ccc(S(=O)(=O)c4ccc(-c5ccc(SCCOC6CCCOC6)cc5)cc4)cc3)cc2)O1. The van der Waals surface area contributed by atoms with E-state index < -0.39 is 9.84 Å². The van der Waals surface area contributed by atoms with Crippen molar-refractivity contribution in [3.63, 3.8) is 0 Å². The summed E-state index contributed by atoms with van der Waals surface area (Å²) in [6.07, 6.45) is 5.82. The average molecular weight is 705 g/mol. The fraction of sp³-hybridized carbons (Fsp3) is 0.385. The molecule has 0 spiro atoms. The zero-order valence-electron chi connectivity index (χ0n) is 27.4. The highest BCUT2D eigenvalue weighted by molar-refractivity contribution is 7.99. The van der Waals surface area contributed by atoms with Crippen LogP contribution in [0.3, 0.4) is 0 Å². The highest BCUT2D eigenvalue weighted by Crippen LogP contribution is 2.30. The first-order valence-corrected chi connectivity index (χ1v) is 20.3. The molecule has 6 nitrogen and oxygen atoms in total. The van der Waals surface area contributed by atoms with Crippen LogP contribution in [-0.4, -0.2) is 64.8 Å². The van der Waals surface area contributed by atoms with E-state index in [9.17, 15) is 8.42 Å². The molecule has 4 aromatic carbocycles. The van der Waals surface area contributed by atoms with E-state index in [1.54, 1.807) is 47.8 Å². The van der Waals surface area contributed by atoms with Crippen LogP contribution in [0.25, 0.3) is 22.3 Å². The molecule has 2 saturated heterocycles. The molecule has 0 aromatic heterocycles. The molecule has 0 aliphatic carbocycles. The lowest BCUT2D eigenvalue weighted by atomic mass is 10.1. The number of sulfone groups is 1. The van der Waals surface area contributed by atoms with Crippen LogP contribution in [-0.2, 0) is 28.8 Å². The second-order valence-corrected chi connectivity index (χ2v) is 16.5. The van der Waals surface area contributed by atoms with Gasteiger partial charge in [0.2, 0.25) is 9.84 Å². The van der Waals surface area contributed by atoms with Crippen molar-refractivity contribution in [2.75, 3.05) is 37.9 Å². The number of hydrogen-bond acceptors (Lipinski definition) is 8. The van der Waals surface area contributed by atoms with Crippen LogP contribution < -0.4 is 0 Å². The summed E-state index contributed by atoms with van der Waals surface area (Å²) >= 11 is 3.53. The lowest BCUT2D eigenvalue weighted by Gasteiger charge is -2.27. The predicted octanol–water partition coefficient (Wildman–Crippen LogP) is 9.16. The van der Waals surface area contributed by atoms with Crippen LogP contribution in [0.1, 0.15) is 39.0 Å². The number of hydrogen-bond donors (Lipinski definition) is 0. The van der Waals surface area contributed by atoms with E-state index >= 15 is 0 Å². The van der Waals surface area contributed by atoms with Crippen molar-refractivity contribution < 1.29 is 27.4 Å². The summed E-state index contributed by atoms with van der Waals surface area (Å²) in [5, 5.41) is 0. The summed E-state index contributed by atoms with van der Waals surface area (Å²) in [4.78, 5) is 2.91. The van der Waals surface area contributed by atoms with Gasteiger partial charge in [0.05, 0.1) is 41.8 Å². The molecule has 2 heterocycles. The zero-order chi connectivity index (χ0) is 33.2. The number of rotatable bonds is 14. The molecule has 4 aromatic rings. The van der Waals surface area contributed by atoms with Crippen LogP contribution in [0.15, 0.2) is 117 Å². The largest absolute Gasteiger partial charge is 0.379 e. The Hall–Kier alpha value is -2.63. The molecule has 48 heavy (non-hydrogen) atoms. The standard InChI is InChI=1S/C39H44O6S3/c1-29-4-2-6-39(45-29)44-25-27-47-36-17-9-31(10-18-36)33-13-21-38(22-14-33)48(40,41)37-19-11-32(12-20-37)30-7-15-35(16-8-30)46-26-24-43-34-5-3-23-42-28-34/h7-22,29,34,39H,2-6,23-28H2,1H3/t29-,34?,39?/m1/s1. The molecule has 3 atom stereocenters. The smallest absolute Gasteiger partial charge is 0.206 e. The van der Waals surface area contributed by atoms with Gasteiger partial charge in [0, 0.05) is 27.9 Å². The fourth-order valence-electron chi connectivity index (χ4n) is 5.92. The molecule has 0 saturated carbocycles. The molecular formula is C39H44O6S3. The van der Waals surface area contributed by atoms with Gasteiger partial charge in [-0.15, -0.1) is 23.5 Å². The van der Waals surface area contributed by atoms with Crippen LogP contribution in [0, 0.1) is 0 Å². The van der Waals surface area contributed by atoms with Gasteiger partial charge in [0.25, 0.3) is 0 Å². The van der Waals surface area contributed by atoms with E-state index in [2.05, 4.69) is 55.5 Å². The quantitative estimate of drug-likeness (QED) is 0.0951. The first kappa shape index (κ1) is 35.2. The monoisotopic (exact) mass is 704 g/mol. The molecule has 2 aliphatic heterocycles. The molecule has 0 bridgehead atoms. The zero-order valence-corrected chi connectivity index (χ0v) is 29.9. The Morgan fingerprint density at radius 1 is 0.646 bits per heavy atom. The van der Waals surface area contributed by atoms with E-state index in [4.69, 9.17) is 18.9 Å². The van der Waals surface area contributed by atoms with Crippen molar-refractivity contribution in [3.05, 3.63) is 97.1 Å². The molecule has 2 aliphatic rings. The molecular weight excluding hydrogens is 661 g/mol. The van der Waals surface area contributed by atoms with Crippen LogP contribution in [0.2, 0.25) is 0 Å². The molecule has 0 radical (unpaired) electrons. The molecule has 9 heteroatoms. The number of ether oxygens (including phenoxy) is 4. The summed E-state index contributed by atoms with van der Waals surface area (Å²) < 4.78 is 50.0. The first-order chi connectivity index (χ1) is 23.4. The minimum Gasteiger partial charge on any atom is -0.379 e. The van der Waals surface area contributed by atoms with Gasteiger partial charge in [0.1, 0.15) is 0 Å². The molecule has 6 rings (SSSR count). The van der Waals surface area contributed by atoms with Gasteiger partial charge in [0.15, 0.2) is 6.29 Å². The van der Waals surface area contributed by atoms with Crippen molar-refractivity contribution in [2.24, 2.45) is 0 Å².